The number of carbonyl (C=O) groups is 1. The average Bonchev–Trinajstić information content (AvgIpc) is 3.16. The van der Waals surface area contributed by atoms with Crippen LogP contribution >= 0.6 is 0 Å². The fourth-order valence-electron chi connectivity index (χ4n) is 3.23. The molecule has 2 saturated heterocycles. The van der Waals surface area contributed by atoms with Gasteiger partial charge in [-0.3, -0.25) is 4.79 Å². The summed E-state index contributed by atoms with van der Waals surface area (Å²) in [7, 11) is 0. The van der Waals surface area contributed by atoms with Crippen molar-refractivity contribution >= 4 is 11.6 Å². The van der Waals surface area contributed by atoms with E-state index in [-0.39, 0.29) is 23.7 Å². The van der Waals surface area contributed by atoms with Gasteiger partial charge in [0.15, 0.2) is 0 Å². The highest BCUT2D eigenvalue weighted by Gasteiger charge is 2.32. The van der Waals surface area contributed by atoms with Crippen molar-refractivity contribution in [2.75, 3.05) is 24.5 Å². The third-order valence-electron chi connectivity index (χ3n) is 4.38. The predicted octanol–water partition coefficient (Wildman–Crippen LogP) is 0.706. The minimum atomic E-state index is -2.87. The Kier molecular flexibility index (Phi) is 5.15. The Balaban J connectivity index is 1.58. The van der Waals surface area contributed by atoms with Crippen LogP contribution in [0.25, 0.3) is 0 Å². The molecule has 0 radical (unpaired) electrons. The molecule has 6 nitrogen and oxygen atoms in total. The van der Waals surface area contributed by atoms with Crippen molar-refractivity contribution in [2.24, 2.45) is 0 Å². The van der Waals surface area contributed by atoms with E-state index in [1.54, 1.807) is 18.2 Å². The van der Waals surface area contributed by atoms with Crippen molar-refractivity contribution in [3.8, 4) is 5.75 Å². The van der Waals surface area contributed by atoms with Gasteiger partial charge in [0.25, 0.3) is 0 Å². The topological polar surface area (TPSA) is 73.8 Å². The normalized spacial score (nSPS) is 26.8. The maximum Gasteiger partial charge on any atom is 0.387 e. The summed E-state index contributed by atoms with van der Waals surface area (Å²) in [6.07, 6.45) is 0.649. The molecule has 0 aromatic heterocycles. The number of rotatable bonds is 5. The number of β-amino-alcohol motifs (C(OH)–C–C–N with tert-alkyl or cyclic N) is 1. The Morgan fingerprint density at radius 3 is 2.92 bits per heavy atom. The largest absolute Gasteiger partial charge is 0.433 e. The summed E-state index contributed by atoms with van der Waals surface area (Å²) in [6, 6.07) is 6.23. The van der Waals surface area contributed by atoms with Crippen molar-refractivity contribution in [1.82, 2.24) is 10.6 Å². The molecule has 3 atom stereocenters. The number of nitrogens with zero attached hydrogens (tertiary/aromatic N) is 1. The van der Waals surface area contributed by atoms with Gasteiger partial charge in [0.2, 0.25) is 5.91 Å². The lowest BCUT2D eigenvalue weighted by molar-refractivity contribution is -0.123. The Morgan fingerprint density at radius 1 is 1.42 bits per heavy atom. The van der Waals surface area contributed by atoms with Gasteiger partial charge < -0.3 is 25.4 Å². The van der Waals surface area contributed by atoms with Gasteiger partial charge in [-0.2, -0.15) is 8.78 Å². The molecular formula is C16H21F2N3O3. The van der Waals surface area contributed by atoms with Crippen molar-refractivity contribution in [2.45, 2.75) is 37.6 Å². The molecule has 1 aromatic carbocycles. The molecule has 2 heterocycles. The molecule has 3 unspecified atom stereocenters. The van der Waals surface area contributed by atoms with Gasteiger partial charge in [-0.15, -0.1) is 0 Å². The van der Waals surface area contributed by atoms with Crippen LogP contribution in [-0.2, 0) is 4.79 Å². The van der Waals surface area contributed by atoms with Gasteiger partial charge >= 0.3 is 6.61 Å². The van der Waals surface area contributed by atoms with Gasteiger partial charge in [0, 0.05) is 25.7 Å². The quantitative estimate of drug-likeness (QED) is 0.735. The van der Waals surface area contributed by atoms with Crippen LogP contribution in [0, 0.1) is 0 Å². The second-order valence-corrected chi connectivity index (χ2v) is 6.14. The van der Waals surface area contributed by atoms with Crippen LogP contribution in [-0.4, -0.2) is 55.4 Å². The monoisotopic (exact) mass is 341 g/mol. The first-order valence-electron chi connectivity index (χ1n) is 8.03. The van der Waals surface area contributed by atoms with Gasteiger partial charge in [0.05, 0.1) is 17.8 Å². The molecule has 132 valence electrons. The van der Waals surface area contributed by atoms with Crippen molar-refractivity contribution in [3.63, 3.8) is 0 Å². The zero-order valence-corrected chi connectivity index (χ0v) is 13.1. The number of aliphatic hydroxyl groups excluding tert-OH is 1. The number of anilines is 1. The number of aliphatic hydroxyl groups is 1. The molecule has 2 aliphatic rings. The standard InChI is InChI=1S/C16H21F2N3O3/c17-16(18)24-14-4-2-1-3-13(14)21-6-5-10(9-21)20-15(23)12-7-11(22)8-19-12/h1-4,10-12,16,19,22H,5-9H2,(H,20,23). The lowest BCUT2D eigenvalue weighted by Gasteiger charge is -2.22. The first kappa shape index (κ1) is 16.9. The fourth-order valence-corrected chi connectivity index (χ4v) is 3.23. The molecule has 3 rings (SSSR count). The highest BCUT2D eigenvalue weighted by Crippen LogP contribution is 2.31. The third kappa shape index (κ3) is 3.93. The summed E-state index contributed by atoms with van der Waals surface area (Å²) in [5.41, 5.74) is 0.601. The minimum absolute atomic E-state index is 0.0587. The Morgan fingerprint density at radius 2 is 2.21 bits per heavy atom. The first-order chi connectivity index (χ1) is 11.5. The molecular weight excluding hydrogens is 320 g/mol. The van der Waals surface area contributed by atoms with Crippen LogP contribution in [0.3, 0.4) is 0 Å². The lowest BCUT2D eigenvalue weighted by Crippen LogP contribution is -2.46. The molecule has 2 fully saturated rings. The zero-order chi connectivity index (χ0) is 17.1. The molecule has 2 aliphatic heterocycles. The number of hydrogen-bond acceptors (Lipinski definition) is 5. The number of carbonyl (C=O) groups excluding carboxylic acids is 1. The highest BCUT2D eigenvalue weighted by atomic mass is 19.3. The summed E-state index contributed by atoms with van der Waals surface area (Å²) < 4.78 is 29.6. The molecule has 0 saturated carbocycles. The number of benzene rings is 1. The smallest absolute Gasteiger partial charge is 0.387 e. The van der Waals surface area contributed by atoms with Crippen LogP contribution in [0.1, 0.15) is 12.8 Å². The number of alkyl halides is 2. The minimum Gasteiger partial charge on any atom is -0.433 e. The van der Waals surface area contributed by atoms with E-state index in [1.807, 2.05) is 4.90 Å². The first-order valence-corrected chi connectivity index (χ1v) is 8.03. The second-order valence-electron chi connectivity index (χ2n) is 6.14. The van der Waals surface area contributed by atoms with E-state index in [4.69, 9.17) is 0 Å². The summed E-state index contributed by atoms with van der Waals surface area (Å²) in [6.45, 7) is -1.27. The molecule has 0 spiro atoms. The van der Waals surface area contributed by atoms with E-state index >= 15 is 0 Å². The number of halogens is 2. The van der Waals surface area contributed by atoms with Crippen LogP contribution in [0.4, 0.5) is 14.5 Å². The maximum atomic E-state index is 12.5. The van der Waals surface area contributed by atoms with Crippen LogP contribution in [0.2, 0.25) is 0 Å². The van der Waals surface area contributed by atoms with Crippen LogP contribution in [0.5, 0.6) is 5.75 Å². The van der Waals surface area contributed by atoms with Gasteiger partial charge in [-0.05, 0) is 25.0 Å². The molecule has 24 heavy (non-hydrogen) atoms. The van der Waals surface area contributed by atoms with Gasteiger partial charge in [-0.1, -0.05) is 12.1 Å². The maximum absolute atomic E-state index is 12.5. The highest BCUT2D eigenvalue weighted by molar-refractivity contribution is 5.82. The van der Waals surface area contributed by atoms with Gasteiger partial charge in [-0.25, -0.2) is 0 Å². The molecule has 0 aliphatic carbocycles. The van der Waals surface area contributed by atoms with Crippen molar-refractivity contribution in [3.05, 3.63) is 24.3 Å². The molecule has 0 bridgehead atoms. The zero-order valence-electron chi connectivity index (χ0n) is 13.1. The van der Waals surface area contributed by atoms with Crippen molar-refractivity contribution in [1.29, 1.82) is 0 Å². The SMILES string of the molecule is O=C(NC1CCN(c2ccccc2OC(F)F)C1)C1CC(O)CN1. The van der Waals surface area contributed by atoms with E-state index in [0.717, 1.165) is 6.42 Å². The van der Waals surface area contributed by atoms with Crippen LogP contribution in [0.15, 0.2) is 24.3 Å². The van der Waals surface area contributed by atoms with Crippen molar-refractivity contribution < 1.29 is 23.4 Å². The molecule has 1 amide bonds. The Hall–Kier alpha value is -1.93. The molecule has 1 aromatic rings. The fraction of sp³-hybridized carbons (Fsp3) is 0.562. The van der Waals surface area contributed by atoms with E-state index < -0.39 is 12.7 Å². The number of hydrogen-bond donors (Lipinski definition) is 3. The number of para-hydroxylation sites is 2. The summed E-state index contributed by atoms with van der Waals surface area (Å²) in [5.74, 6) is 0.00979. The number of ether oxygens (including phenoxy) is 1. The van der Waals surface area contributed by atoms with Crippen LogP contribution < -0.4 is 20.3 Å². The molecule has 8 heteroatoms. The molecule has 3 N–H and O–H groups in total. The van der Waals surface area contributed by atoms with E-state index in [0.29, 0.717) is 31.7 Å². The Labute approximate surface area is 138 Å². The second kappa shape index (κ2) is 7.31. The lowest BCUT2D eigenvalue weighted by atomic mass is 10.1. The van der Waals surface area contributed by atoms with Gasteiger partial charge in [0.1, 0.15) is 5.75 Å². The average molecular weight is 341 g/mol. The van der Waals surface area contributed by atoms with E-state index in [2.05, 4.69) is 15.4 Å². The number of nitrogens with one attached hydrogen (secondary N) is 2. The predicted molar refractivity (Wildman–Crippen MR) is 84.2 cm³/mol. The van der Waals surface area contributed by atoms with E-state index in [9.17, 15) is 18.7 Å². The summed E-state index contributed by atoms with van der Waals surface area (Å²) >= 11 is 0. The Bertz CT molecular complexity index is 587. The third-order valence-corrected chi connectivity index (χ3v) is 4.38. The summed E-state index contributed by atoms with van der Waals surface area (Å²) in [4.78, 5) is 14.1. The number of amides is 1. The summed E-state index contributed by atoms with van der Waals surface area (Å²) in [5, 5.41) is 15.4. The van der Waals surface area contributed by atoms with E-state index in [1.165, 1.54) is 6.07 Å².